The molecule has 8 nitrogen and oxygen atoms in total. The zero-order valence-electron chi connectivity index (χ0n) is 22.5. The molecule has 1 amide bonds. The Bertz CT molecular complexity index is 1080. The topological polar surface area (TPSA) is 121 Å². The van der Waals surface area contributed by atoms with Gasteiger partial charge in [-0.25, -0.2) is 9.59 Å². The van der Waals surface area contributed by atoms with Gasteiger partial charge in [0.25, 0.3) is 5.91 Å². The number of carbonyl (C=O) groups is 4. The van der Waals surface area contributed by atoms with Gasteiger partial charge in [0.2, 0.25) is 5.78 Å². The van der Waals surface area contributed by atoms with Crippen molar-refractivity contribution in [3.63, 3.8) is 0 Å². The van der Waals surface area contributed by atoms with Crippen molar-refractivity contribution in [3.05, 3.63) is 65.7 Å². The standard InChI is InChI=1S/C17H18O3.C13H21NO4/c18-17(19)13-20-16-11-5-10-15(12-16)9-4-8-14-6-2-1-3-7-14;1-4-13(2,3)10(15)11(16)14-8-6-5-7-9(14)12(17)18/h1-3,5-7,10-12H,4,8-9,13H2,(H,18,19);9H,4-8H2,1-3H3,(H,17,18)/t;9-/m.0/s1. The molecular weight excluding hydrogens is 486 g/mol. The fourth-order valence-corrected chi connectivity index (χ4v) is 4.09. The minimum absolute atomic E-state index is 0.298. The molecule has 1 aliphatic heterocycles. The van der Waals surface area contributed by atoms with Crippen molar-refractivity contribution < 1.29 is 34.1 Å². The molecule has 3 rings (SSSR count). The Balaban J connectivity index is 0.000000269. The van der Waals surface area contributed by atoms with E-state index < -0.39 is 35.1 Å². The van der Waals surface area contributed by atoms with Crippen LogP contribution in [0.15, 0.2) is 54.6 Å². The second-order valence-corrected chi connectivity index (χ2v) is 10.1. The summed E-state index contributed by atoms with van der Waals surface area (Å²) in [4.78, 5) is 47.0. The molecule has 0 aromatic heterocycles. The maximum atomic E-state index is 12.1. The molecule has 0 aliphatic carbocycles. The molecule has 1 heterocycles. The Morgan fingerprint density at radius 1 is 0.947 bits per heavy atom. The van der Waals surface area contributed by atoms with E-state index in [1.807, 2.05) is 31.2 Å². The molecule has 0 spiro atoms. The Labute approximate surface area is 224 Å². The zero-order valence-corrected chi connectivity index (χ0v) is 22.5. The van der Waals surface area contributed by atoms with E-state index in [1.165, 1.54) is 16.0 Å². The Morgan fingerprint density at radius 3 is 2.24 bits per heavy atom. The number of ether oxygens (including phenoxy) is 1. The molecule has 0 unspecified atom stereocenters. The van der Waals surface area contributed by atoms with Crippen LogP contribution in [0.4, 0.5) is 0 Å². The number of Topliss-reactive ketones (excluding diaryl/α,β-unsaturated/α-hetero) is 1. The highest BCUT2D eigenvalue weighted by Gasteiger charge is 2.39. The van der Waals surface area contributed by atoms with E-state index in [0.29, 0.717) is 25.1 Å². The van der Waals surface area contributed by atoms with Crippen molar-refractivity contribution in [2.45, 2.75) is 71.8 Å². The Kier molecular flexibility index (Phi) is 12.0. The second kappa shape index (κ2) is 14.9. The fraction of sp³-hybridized carbons (Fsp3) is 0.467. The van der Waals surface area contributed by atoms with Crippen molar-refractivity contribution in [2.24, 2.45) is 5.41 Å². The molecule has 1 atom stereocenters. The maximum absolute atomic E-state index is 12.1. The number of piperidine rings is 1. The highest BCUT2D eigenvalue weighted by molar-refractivity contribution is 6.38. The summed E-state index contributed by atoms with van der Waals surface area (Å²) in [6.07, 6.45) is 5.60. The molecule has 0 bridgehead atoms. The van der Waals surface area contributed by atoms with E-state index in [-0.39, 0.29) is 6.61 Å². The molecule has 2 aromatic rings. The van der Waals surface area contributed by atoms with Crippen molar-refractivity contribution in [2.75, 3.05) is 13.2 Å². The lowest BCUT2D eigenvalue weighted by Gasteiger charge is -2.34. The number of carboxylic acid groups (broad SMARTS) is 2. The number of aryl methyl sites for hydroxylation is 2. The summed E-state index contributed by atoms with van der Waals surface area (Å²) in [6.45, 7) is 5.34. The van der Waals surface area contributed by atoms with Crippen molar-refractivity contribution in [1.29, 1.82) is 0 Å². The van der Waals surface area contributed by atoms with Crippen molar-refractivity contribution >= 4 is 23.6 Å². The highest BCUT2D eigenvalue weighted by atomic mass is 16.5. The van der Waals surface area contributed by atoms with Gasteiger partial charge in [0, 0.05) is 12.0 Å². The third-order valence-corrected chi connectivity index (χ3v) is 6.78. The highest BCUT2D eigenvalue weighted by Crippen LogP contribution is 2.25. The lowest BCUT2D eigenvalue weighted by atomic mass is 9.84. The molecule has 1 fully saturated rings. The number of amides is 1. The van der Waals surface area contributed by atoms with Crippen LogP contribution in [0, 0.1) is 5.41 Å². The first-order valence-electron chi connectivity index (χ1n) is 13.1. The summed E-state index contributed by atoms with van der Waals surface area (Å²) in [6, 6.07) is 17.2. The van der Waals surface area contributed by atoms with Gasteiger partial charge < -0.3 is 19.8 Å². The van der Waals surface area contributed by atoms with Gasteiger partial charge >= 0.3 is 11.9 Å². The average Bonchev–Trinajstić information content (AvgIpc) is 2.92. The molecule has 1 aliphatic rings. The monoisotopic (exact) mass is 525 g/mol. The molecule has 2 N–H and O–H groups in total. The van der Waals surface area contributed by atoms with Gasteiger partial charge in [-0.3, -0.25) is 9.59 Å². The van der Waals surface area contributed by atoms with Crippen LogP contribution in [0.1, 0.15) is 64.0 Å². The van der Waals surface area contributed by atoms with Gasteiger partial charge in [-0.2, -0.15) is 0 Å². The van der Waals surface area contributed by atoms with Gasteiger partial charge in [-0.05, 0) is 68.2 Å². The molecule has 8 heteroatoms. The average molecular weight is 526 g/mol. The summed E-state index contributed by atoms with van der Waals surface area (Å²) >= 11 is 0. The summed E-state index contributed by atoms with van der Waals surface area (Å²) in [5.74, 6) is -2.50. The van der Waals surface area contributed by atoms with E-state index in [1.54, 1.807) is 19.9 Å². The first-order valence-corrected chi connectivity index (χ1v) is 13.1. The first-order chi connectivity index (χ1) is 18.0. The molecule has 2 aromatic carbocycles. The number of hydrogen-bond acceptors (Lipinski definition) is 5. The van der Waals surface area contributed by atoms with Gasteiger partial charge in [-0.1, -0.05) is 63.2 Å². The first kappa shape index (κ1) is 30.5. The summed E-state index contributed by atoms with van der Waals surface area (Å²) < 4.78 is 5.17. The van der Waals surface area contributed by atoms with Crippen LogP contribution >= 0.6 is 0 Å². The number of aliphatic carboxylic acids is 2. The molecule has 0 saturated carbocycles. The number of rotatable bonds is 11. The van der Waals surface area contributed by atoms with Crippen LogP contribution in [0.3, 0.4) is 0 Å². The third kappa shape index (κ3) is 9.65. The van der Waals surface area contributed by atoms with Crippen molar-refractivity contribution in [3.8, 4) is 5.75 Å². The second-order valence-electron chi connectivity index (χ2n) is 10.1. The van der Waals surface area contributed by atoms with Gasteiger partial charge in [0.1, 0.15) is 11.8 Å². The Hall–Kier alpha value is -3.68. The summed E-state index contributed by atoms with van der Waals surface area (Å²) in [5, 5.41) is 17.7. The molecule has 206 valence electrons. The van der Waals surface area contributed by atoms with Gasteiger partial charge in [0.05, 0.1) is 0 Å². The minimum atomic E-state index is -1.02. The van der Waals surface area contributed by atoms with E-state index >= 15 is 0 Å². The van der Waals surface area contributed by atoms with Crippen molar-refractivity contribution in [1.82, 2.24) is 4.90 Å². The number of nitrogens with zero attached hydrogens (tertiary/aromatic N) is 1. The van der Waals surface area contributed by atoms with Crippen LogP contribution in [0.25, 0.3) is 0 Å². The smallest absolute Gasteiger partial charge is 0.341 e. The molecule has 38 heavy (non-hydrogen) atoms. The minimum Gasteiger partial charge on any atom is -0.482 e. The summed E-state index contributed by atoms with van der Waals surface area (Å²) in [7, 11) is 0. The SMILES string of the molecule is CCC(C)(C)C(=O)C(=O)N1CCCC[C@H]1C(=O)O.O=C(O)COc1cccc(CCCc2ccccc2)c1. The van der Waals surface area contributed by atoms with E-state index in [2.05, 4.69) is 24.3 Å². The number of hydrogen-bond donors (Lipinski definition) is 2. The number of benzene rings is 2. The van der Waals surface area contributed by atoms with Crippen LogP contribution < -0.4 is 4.74 Å². The summed E-state index contributed by atoms with van der Waals surface area (Å²) in [5.41, 5.74) is 1.78. The van der Waals surface area contributed by atoms with E-state index in [9.17, 15) is 19.2 Å². The van der Waals surface area contributed by atoms with Gasteiger partial charge in [0.15, 0.2) is 6.61 Å². The number of ketones is 1. The molecule has 0 radical (unpaired) electrons. The van der Waals surface area contributed by atoms with Crippen LogP contribution in [0.2, 0.25) is 0 Å². The number of carboxylic acids is 2. The fourth-order valence-electron chi connectivity index (χ4n) is 4.09. The predicted molar refractivity (Wildman–Crippen MR) is 144 cm³/mol. The lowest BCUT2D eigenvalue weighted by molar-refractivity contribution is -0.158. The van der Waals surface area contributed by atoms with Crippen LogP contribution in [-0.4, -0.2) is 57.9 Å². The Morgan fingerprint density at radius 2 is 1.61 bits per heavy atom. The van der Waals surface area contributed by atoms with E-state index in [0.717, 1.165) is 32.1 Å². The maximum Gasteiger partial charge on any atom is 0.341 e. The third-order valence-electron chi connectivity index (χ3n) is 6.78. The lowest BCUT2D eigenvalue weighted by Crippen LogP contribution is -2.52. The molecular formula is C30H39NO7. The van der Waals surface area contributed by atoms with E-state index in [4.69, 9.17) is 14.9 Å². The molecule has 1 saturated heterocycles. The number of likely N-dealkylation sites (tertiary alicyclic amines) is 1. The quantitative estimate of drug-likeness (QED) is 0.405. The zero-order chi connectivity index (χ0) is 28.1. The largest absolute Gasteiger partial charge is 0.482 e. The predicted octanol–water partition coefficient (Wildman–Crippen LogP) is 4.78. The van der Waals surface area contributed by atoms with Crippen LogP contribution in [-0.2, 0) is 32.0 Å². The number of carbonyl (C=O) groups excluding carboxylic acids is 2. The van der Waals surface area contributed by atoms with Gasteiger partial charge in [-0.15, -0.1) is 0 Å². The normalized spacial score (nSPS) is 15.1. The van der Waals surface area contributed by atoms with Crippen LogP contribution in [0.5, 0.6) is 5.75 Å².